The lowest BCUT2D eigenvalue weighted by atomic mass is 10.2. The van der Waals surface area contributed by atoms with E-state index in [4.69, 9.17) is 21.1 Å². The van der Waals surface area contributed by atoms with Crippen molar-refractivity contribution < 1.29 is 19.1 Å². The number of ether oxygens (including phenoxy) is 2. The fraction of sp³-hybridized carbons (Fsp3) is 0.444. The molecule has 2 rings (SSSR count). The minimum Gasteiger partial charge on any atom is -0.443 e. The number of nitrogens with zero attached hydrogens (tertiary/aromatic N) is 1. The van der Waals surface area contributed by atoms with Gasteiger partial charge < -0.3 is 14.5 Å². The highest BCUT2D eigenvalue weighted by Gasteiger charge is 2.32. The third-order valence-electron chi connectivity index (χ3n) is 3.03. The van der Waals surface area contributed by atoms with Gasteiger partial charge in [-0.1, -0.05) is 11.6 Å². The zero-order valence-corrected chi connectivity index (χ0v) is 16.0. The smallest absolute Gasteiger partial charge is 0.424 e. The van der Waals surface area contributed by atoms with Crippen LogP contribution < -0.4 is 4.90 Å². The number of hydrogen-bond acceptors (Lipinski definition) is 4. The number of amides is 2. The summed E-state index contributed by atoms with van der Waals surface area (Å²) in [7, 11) is 0. The lowest BCUT2D eigenvalue weighted by molar-refractivity contribution is 0.0431. The van der Waals surface area contributed by atoms with Crippen LogP contribution in [-0.2, 0) is 9.47 Å². The van der Waals surface area contributed by atoms with Crippen LogP contribution in [0.4, 0.5) is 15.3 Å². The maximum Gasteiger partial charge on any atom is 0.424 e. The van der Waals surface area contributed by atoms with Gasteiger partial charge in [-0.25, -0.2) is 9.59 Å². The third-order valence-corrected chi connectivity index (χ3v) is 3.34. The van der Waals surface area contributed by atoms with E-state index in [0.29, 0.717) is 16.1 Å². The number of hydrogen-bond donors (Lipinski definition) is 1. The fourth-order valence-electron chi connectivity index (χ4n) is 2.11. The normalized spacial score (nSPS) is 12.1. The summed E-state index contributed by atoms with van der Waals surface area (Å²) in [5, 5.41) is 1.18. The summed E-state index contributed by atoms with van der Waals surface area (Å²) >= 11 is 6.14. The predicted octanol–water partition coefficient (Wildman–Crippen LogP) is 5.50. The van der Waals surface area contributed by atoms with Gasteiger partial charge in [-0.05, 0) is 59.7 Å². The van der Waals surface area contributed by atoms with E-state index >= 15 is 0 Å². The van der Waals surface area contributed by atoms with Crippen LogP contribution in [0.1, 0.15) is 41.5 Å². The van der Waals surface area contributed by atoms with Crippen molar-refractivity contribution in [2.75, 3.05) is 4.90 Å². The number of aromatic amines is 1. The molecule has 0 saturated heterocycles. The van der Waals surface area contributed by atoms with Gasteiger partial charge in [-0.15, -0.1) is 0 Å². The molecular formula is C18H23ClN2O4. The van der Waals surface area contributed by atoms with Gasteiger partial charge in [0.25, 0.3) is 0 Å². The van der Waals surface area contributed by atoms with Crippen LogP contribution in [0.3, 0.4) is 0 Å². The standard InChI is InChI=1S/C18H23ClN2O4/c1-17(2,3)24-15(22)21(16(23)25-18(4,5)6)11-7-8-14-12(9-11)13(19)10-20-14/h7-10,20H,1-6H3. The number of aromatic nitrogens is 1. The maximum atomic E-state index is 12.6. The summed E-state index contributed by atoms with van der Waals surface area (Å²) in [5.41, 5.74) is -0.403. The summed E-state index contributed by atoms with van der Waals surface area (Å²) in [6.07, 6.45) is 0.0156. The largest absolute Gasteiger partial charge is 0.443 e. The van der Waals surface area contributed by atoms with Crippen LogP contribution in [0, 0.1) is 0 Å². The van der Waals surface area contributed by atoms with Gasteiger partial charge in [0.1, 0.15) is 11.2 Å². The van der Waals surface area contributed by atoms with Crippen LogP contribution in [0.15, 0.2) is 24.4 Å². The first-order valence-corrected chi connectivity index (χ1v) is 8.28. The van der Waals surface area contributed by atoms with E-state index < -0.39 is 23.4 Å². The summed E-state index contributed by atoms with van der Waals surface area (Å²) in [5.74, 6) is 0. The van der Waals surface area contributed by atoms with Gasteiger partial charge in [-0.3, -0.25) is 0 Å². The van der Waals surface area contributed by atoms with Gasteiger partial charge in [0.05, 0.1) is 10.7 Å². The number of H-pyrrole nitrogens is 1. The highest BCUT2D eigenvalue weighted by atomic mass is 35.5. The monoisotopic (exact) mass is 366 g/mol. The molecule has 0 aliphatic heterocycles. The Bertz CT molecular complexity index is 771. The molecule has 0 saturated carbocycles. The number of fused-ring (bicyclic) bond motifs is 1. The molecule has 25 heavy (non-hydrogen) atoms. The van der Waals surface area contributed by atoms with E-state index in [2.05, 4.69) is 4.98 Å². The van der Waals surface area contributed by atoms with Crippen molar-refractivity contribution in [2.24, 2.45) is 0 Å². The molecule has 0 unspecified atom stereocenters. The molecular weight excluding hydrogens is 344 g/mol. The summed E-state index contributed by atoms with van der Waals surface area (Å²) in [6, 6.07) is 5.00. The Morgan fingerprint density at radius 2 is 1.52 bits per heavy atom. The number of benzene rings is 1. The van der Waals surface area contributed by atoms with E-state index in [1.165, 1.54) is 0 Å². The van der Waals surface area contributed by atoms with E-state index in [9.17, 15) is 9.59 Å². The van der Waals surface area contributed by atoms with E-state index in [-0.39, 0.29) is 0 Å². The summed E-state index contributed by atoms with van der Waals surface area (Å²) in [4.78, 5) is 29.1. The zero-order chi connectivity index (χ0) is 19.0. The van der Waals surface area contributed by atoms with Crippen LogP contribution in [-0.4, -0.2) is 28.4 Å². The average molecular weight is 367 g/mol. The van der Waals surface area contributed by atoms with Crippen molar-refractivity contribution in [2.45, 2.75) is 52.7 Å². The number of nitrogens with one attached hydrogen (secondary N) is 1. The van der Waals surface area contributed by atoms with Crippen LogP contribution in [0.5, 0.6) is 0 Å². The first-order valence-electron chi connectivity index (χ1n) is 7.90. The molecule has 7 heteroatoms. The van der Waals surface area contributed by atoms with E-state index in [1.807, 2.05) is 0 Å². The van der Waals surface area contributed by atoms with Crippen molar-refractivity contribution in [3.63, 3.8) is 0 Å². The first kappa shape index (κ1) is 19.1. The Kier molecular flexibility index (Phi) is 5.04. The maximum absolute atomic E-state index is 12.6. The minimum atomic E-state index is -0.812. The Hall–Kier alpha value is -2.21. The molecule has 1 N–H and O–H groups in total. The number of rotatable bonds is 1. The highest BCUT2D eigenvalue weighted by Crippen LogP contribution is 2.29. The molecule has 2 aromatic rings. The third kappa shape index (κ3) is 4.89. The Morgan fingerprint density at radius 1 is 1.00 bits per heavy atom. The molecule has 136 valence electrons. The molecule has 0 aliphatic carbocycles. The van der Waals surface area contributed by atoms with Gasteiger partial charge in [-0.2, -0.15) is 4.90 Å². The molecule has 2 amide bonds. The predicted molar refractivity (Wildman–Crippen MR) is 98.3 cm³/mol. The number of halogens is 1. The van der Waals surface area contributed by atoms with Crippen molar-refractivity contribution in [3.05, 3.63) is 29.4 Å². The molecule has 0 radical (unpaired) electrons. The molecule has 0 spiro atoms. The second-order valence-electron chi connectivity index (χ2n) is 7.66. The van der Waals surface area contributed by atoms with E-state index in [1.54, 1.807) is 65.9 Å². The molecule has 0 fully saturated rings. The fourth-order valence-corrected chi connectivity index (χ4v) is 2.33. The van der Waals surface area contributed by atoms with Crippen molar-refractivity contribution >= 4 is 40.4 Å². The number of carbonyl (C=O) groups excluding carboxylic acids is 2. The Labute approximate surface area is 152 Å². The van der Waals surface area contributed by atoms with Crippen LogP contribution in [0.25, 0.3) is 10.9 Å². The molecule has 1 heterocycles. The van der Waals surface area contributed by atoms with E-state index in [0.717, 1.165) is 10.4 Å². The van der Waals surface area contributed by atoms with Crippen molar-refractivity contribution in [3.8, 4) is 0 Å². The van der Waals surface area contributed by atoms with Gasteiger partial charge >= 0.3 is 12.2 Å². The minimum absolute atomic E-state index is 0.317. The molecule has 1 aromatic carbocycles. The summed E-state index contributed by atoms with van der Waals surface area (Å²) < 4.78 is 10.7. The second-order valence-corrected chi connectivity index (χ2v) is 8.07. The van der Waals surface area contributed by atoms with Gasteiger partial charge in [0.15, 0.2) is 0 Å². The number of carbonyl (C=O) groups is 2. The SMILES string of the molecule is CC(C)(C)OC(=O)N(C(=O)OC(C)(C)C)c1ccc2[nH]cc(Cl)c2c1. The highest BCUT2D eigenvalue weighted by molar-refractivity contribution is 6.35. The van der Waals surface area contributed by atoms with Gasteiger partial charge in [0.2, 0.25) is 0 Å². The quantitative estimate of drug-likeness (QED) is 0.723. The average Bonchev–Trinajstić information content (AvgIpc) is 2.76. The first-order chi connectivity index (χ1) is 11.4. The Morgan fingerprint density at radius 3 is 2.00 bits per heavy atom. The number of imide groups is 1. The topological polar surface area (TPSA) is 71.6 Å². The second kappa shape index (κ2) is 6.59. The molecule has 0 bridgehead atoms. The molecule has 1 aromatic heterocycles. The summed E-state index contributed by atoms with van der Waals surface area (Å²) in [6.45, 7) is 10.4. The lowest BCUT2D eigenvalue weighted by Gasteiger charge is -2.28. The lowest BCUT2D eigenvalue weighted by Crippen LogP contribution is -2.43. The van der Waals surface area contributed by atoms with Crippen molar-refractivity contribution in [1.29, 1.82) is 0 Å². The van der Waals surface area contributed by atoms with Crippen LogP contribution in [0.2, 0.25) is 5.02 Å². The molecule has 6 nitrogen and oxygen atoms in total. The molecule has 0 aliphatic rings. The molecule has 0 atom stereocenters. The number of anilines is 1. The zero-order valence-electron chi connectivity index (χ0n) is 15.3. The van der Waals surface area contributed by atoms with Gasteiger partial charge in [0, 0.05) is 17.1 Å². The Balaban J connectivity index is 2.46. The van der Waals surface area contributed by atoms with Crippen molar-refractivity contribution in [1.82, 2.24) is 4.98 Å². The van der Waals surface area contributed by atoms with Crippen LogP contribution >= 0.6 is 11.6 Å².